The lowest BCUT2D eigenvalue weighted by molar-refractivity contribution is -0.119. The summed E-state index contributed by atoms with van der Waals surface area (Å²) in [4.78, 5) is 20.0. The largest absolute Gasteiger partial charge is 0.326 e. The summed E-state index contributed by atoms with van der Waals surface area (Å²) in [5, 5.41) is 2.79. The van der Waals surface area contributed by atoms with Crippen LogP contribution in [0.15, 0.2) is 29.5 Å². The maximum Gasteiger partial charge on any atom is 0.304 e. The lowest BCUT2D eigenvalue weighted by Crippen LogP contribution is -2.41. The van der Waals surface area contributed by atoms with E-state index >= 15 is 0 Å². The smallest absolute Gasteiger partial charge is 0.304 e. The van der Waals surface area contributed by atoms with E-state index in [2.05, 4.69) is 15.3 Å². The van der Waals surface area contributed by atoms with Gasteiger partial charge in [0.05, 0.1) is 19.0 Å². The van der Waals surface area contributed by atoms with E-state index in [1.807, 2.05) is 0 Å². The quantitative estimate of drug-likeness (QED) is 0.839. The molecule has 22 heavy (non-hydrogen) atoms. The SMILES string of the molecule is O=C(Nc1ccncc1)C1CCN(S(=O)(=O)N2C=NCC2)C1. The van der Waals surface area contributed by atoms with Gasteiger partial charge in [0.1, 0.15) is 6.34 Å². The average Bonchev–Trinajstić information content (AvgIpc) is 3.20. The van der Waals surface area contributed by atoms with Crippen molar-refractivity contribution < 1.29 is 13.2 Å². The van der Waals surface area contributed by atoms with Gasteiger partial charge in [-0.3, -0.25) is 14.8 Å². The molecule has 0 aliphatic carbocycles. The van der Waals surface area contributed by atoms with Crippen molar-refractivity contribution >= 4 is 28.1 Å². The van der Waals surface area contributed by atoms with Gasteiger partial charge in [0.2, 0.25) is 5.91 Å². The number of amides is 1. The second-order valence-corrected chi connectivity index (χ2v) is 7.09. The molecule has 3 rings (SSSR count). The van der Waals surface area contributed by atoms with E-state index in [0.717, 1.165) is 0 Å². The van der Waals surface area contributed by atoms with Crippen LogP contribution < -0.4 is 5.32 Å². The van der Waals surface area contributed by atoms with Crippen LogP contribution in [0.2, 0.25) is 0 Å². The number of carbonyl (C=O) groups is 1. The lowest BCUT2D eigenvalue weighted by Gasteiger charge is -2.22. The van der Waals surface area contributed by atoms with E-state index in [-0.39, 0.29) is 18.4 Å². The third-order valence-corrected chi connectivity index (χ3v) is 5.61. The van der Waals surface area contributed by atoms with Gasteiger partial charge in [-0.15, -0.1) is 0 Å². The molecule has 2 aliphatic rings. The van der Waals surface area contributed by atoms with Crippen LogP contribution in [0.1, 0.15) is 6.42 Å². The van der Waals surface area contributed by atoms with E-state index in [1.54, 1.807) is 24.5 Å². The highest BCUT2D eigenvalue weighted by Crippen LogP contribution is 2.23. The zero-order valence-electron chi connectivity index (χ0n) is 11.9. The molecule has 0 saturated carbocycles. The van der Waals surface area contributed by atoms with Gasteiger partial charge in [0, 0.05) is 31.2 Å². The Kier molecular flexibility index (Phi) is 4.08. The monoisotopic (exact) mass is 323 g/mol. The van der Waals surface area contributed by atoms with E-state index in [4.69, 9.17) is 0 Å². The number of hydrogen-bond acceptors (Lipinski definition) is 5. The first kappa shape index (κ1) is 14.9. The van der Waals surface area contributed by atoms with Gasteiger partial charge in [-0.2, -0.15) is 12.7 Å². The first-order valence-electron chi connectivity index (χ1n) is 7.05. The number of pyridine rings is 1. The minimum atomic E-state index is -3.55. The van der Waals surface area contributed by atoms with Gasteiger partial charge in [0.25, 0.3) is 0 Å². The summed E-state index contributed by atoms with van der Waals surface area (Å²) < 4.78 is 27.3. The van der Waals surface area contributed by atoms with Crippen molar-refractivity contribution in [2.24, 2.45) is 10.9 Å². The highest BCUT2D eigenvalue weighted by atomic mass is 32.2. The molecule has 3 heterocycles. The van der Waals surface area contributed by atoms with Crippen molar-refractivity contribution in [3.63, 3.8) is 0 Å². The summed E-state index contributed by atoms with van der Waals surface area (Å²) >= 11 is 0. The lowest BCUT2D eigenvalue weighted by atomic mass is 10.1. The maximum absolute atomic E-state index is 12.4. The fourth-order valence-electron chi connectivity index (χ4n) is 2.52. The summed E-state index contributed by atoms with van der Waals surface area (Å²) in [5.74, 6) is -0.513. The van der Waals surface area contributed by atoms with E-state index < -0.39 is 10.2 Å². The number of aliphatic imine (C=N–C) groups is 1. The number of rotatable bonds is 4. The fraction of sp³-hybridized carbons (Fsp3) is 0.462. The molecule has 1 fully saturated rings. The predicted molar refractivity (Wildman–Crippen MR) is 81.5 cm³/mol. The zero-order chi connectivity index (χ0) is 15.6. The fourth-order valence-corrected chi connectivity index (χ4v) is 4.02. The summed E-state index contributed by atoms with van der Waals surface area (Å²) in [6, 6.07) is 3.39. The Bertz CT molecular complexity index is 676. The predicted octanol–water partition coefficient (Wildman–Crippen LogP) is -0.0693. The topological polar surface area (TPSA) is 95.0 Å². The molecule has 0 spiro atoms. The van der Waals surface area contributed by atoms with E-state index in [0.29, 0.717) is 31.7 Å². The van der Waals surface area contributed by atoms with Crippen LogP contribution in [0, 0.1) is 5.92 Å². The average molecular weight is 323 g/mol. The van der Waals surface area contributed by atoms with Crippen LogP contribution >= 0.6 is 0 Å². The number of nitrogens with one attached hydrogen (secondary N) is 1. The van der Waals surface area contributed by atoms with Gasteiger partial charge >= 0.3 is 10.2 Å². The third kappa shape index (κ3) is 2.95. The van der Waals surface area contributed by atoms with Crippen LogP contribution in [-0.4, -0.2) is 60.4 Å². The Morgan fingerprint density at radius 3 is 2.73 bits per heavy atom. The molecule has 1 saturated heterocycles. The zero-order valence-corrected chi connectivity index (χ0v) is 12.7. The second kappa shape index (κ2) is 6.01. The van der Waals surface area contributed by atoms with Crippen LogP contribution in [-0.2, 0) is 15.0 Å². The van der Waals surface area contributed by atoms with Crippen molar-refractivity contribution in [2.45, 2.75) is 6.42 Å². The van der Waals surface area contributed by atoms with Gasteiger partial charge in [-0.05, 0) is 18.6 Å². The Labute approximate surface area is 129 Å². The van der Waals surface area contributed by atoms with Crippen molar-refractivity contribution in [3.8, 4) is 0 Å². The Morgan fingerprint density at radius 2 is 2.05 bits per heavy atom. The van der Waals surface area contributed by atoms with Crippen molar-refractivity contribution in [1.82, 2.24) is 13.6 Å². The molecule has 1 aromatic heterocycles. The third-order valence-electron chi connectivity index (χ3n) is 3.75. The highest BCUT2D eigenvalue weighted by molar-refractivity contribution is 7.87. The van der Waals surface area contributed by atoms with Gasteiger partial charge in [-0.1, -0.05) is 0 Å². The number of hydrogen-bond donors (Lipinski definition) is 1. The molecule has 1 atom stereocenters. The van der Waals surface area contributed by atoms with Crippen molar-refractivity contribution in [1.29, 1.82) is 0 Å². The van der Waals surface area contributed by atoms with Crippen LogP contribution in [0.5, 0.6) is 0 Å². The van der Waals surface area contributed by atoms with Crippen molar-refractivity contribution in [2.75, 3.05) is 31.5 Å². The maximum atomic E-state index is 12.4. The number of anilines is 1. The van der Waals surface area contributed by atoms with Gasteiger partial charge < -0.3 is 5.32 Å². The molecule has 9 heteroatoms. The first-order valence-corrected chi connectivity index (χ1v) is 8.45. The molecule has 1 aromatic rings. The number of nitrogens with zero attached hydrogens (tertiary/aromatic N) is 4. The molecule has 1 N–H and O–H groups in total. The molecule has 0 radical (unpaired) electrons. The minimum absolute atomic E-state index is 0.168. The standard InChI is InChI=1S/C13H17N5O3S/c19-13(16-12-1-4-14-5-2-12)11-3-7-17(9-11)22(20,21)18-8-6-15-10-18/h1-2,4-5,10-11H,3,6-9H2,(H,14,16,19). The molecule has 118 valence electrons. The summed E-state index contributed by atoms with van der Waals surface area (Å²) in [5.41, 5.74) is 0.660. The molecular formula is C13H17N5O3S. The minimum Gasteiger partial charge on any atom is -0.326 e. The van der Waals surface area contributed by atoms with E-state index in [9.17, 15) is 13.2 Å². The number of carbonyl (C=O) groups excluding carboxylic acids is 1. The summed E-state index contributed by atoms with van der Waals surface area (Å²) in [6.45, 7) is 1.40. The molecule has 8 nitrogen and oxygen atoms in total. The molecule has 1 unspecified atom stereocenters. The number of aromatic nitrogens is 1. The molecule has 0 aromatic carbocycles. The normalized spacial score (nSPS) is 22.2. The van der Waals surface area contributed by atoms with Gasteiger partial charge in [-0.25, -0.2) is 4.31 Å². The highest BCUT2D eigenvalue weighted by Gasteiger charge is 2.38. The van der Waals surface area contributed by atoms with Crippen LogP contribution in [0.3, 0.4) is 0 Å². The Hall–Kier alpha value is -2.00. The summed E-state index contributed by atoms with van der Waals surface area (Å²) in [7, 11) is -3.55. The van der Waals surface area contributed by atoms with Crippen LogP contribution in [0.4, 0.5) is 5.69 Å². The second-order valence-electron chi connectivity index (χ2n) is 5.21. The van der Waals surface area contributed by atoms with Gasteiger partial charge in [0.15, 0.2) is 0 Å². The van der Waals surface area contributed by atoms with Crippen LogP contribution in [0.25, 0.3) is 0 Å². The Balaban J connectivity index is 1.62. The molecule has 0 bridgehead atoms. The van der Waals surface area contributed by atoms with E-state index in [1.165, 1.54) is 14.9 Å². The summed E-state index contributed by atoms with van der Waals surface area (Å²) in [6.07, 6.45) is 5.04. The molecular weight excluding hydrogens is 306 g/mol. The molecule has 1 amide bonds. The Morgan fingerprint density at radius 1 is 1.27 bits per heavy atom. The first-order chi connectivity index (χ1) is 10.6. The molecule has 2 aliphatic heterocycles. The van der Waals surface area contributed by atoms with Crippen molar-refractivity contribution in [3.05, 3.63) is 24.5 Å².